The van der Waals surface area contributed by atoms with E-state index in [1.54, 1.807) is 12.3 Å². The van der Waals surface area contributed by atoms with Crippen molar-refractivity contribution in [3.63, 3.8) is 0 Å². The van der Waals surface area contributed by atoms with Gasteiger partial charge in [0, 0.05) is 16.5 Å². The van der Waals surface area contributed by atoms with Crippen LogP contribution in [0.5, 0.6) is 11.5 Å². The number of halogens is 1. The van der Waals surface area contributed by atoms with Gasteiger partial charge < -0.3 is 9.84 Å². The first-order valence-electron chi connectivity index (χ1n) is 8.17. The standard InChI is InChI=1S/C21H17ClN2O3/c1-2-11-27-20-10-8-15(16-5-3-4-6-17(16)20)13-23-24-21(26)14-7-9-19(25)18(22)12-14/h2-10,12-13,25H,1,11H2,(H,24,26)/b23-13+. The minimum Gasteiger partial charge on any atom is -0.506 e. The molecular weight excluding hydrogens is 364 g/mol. The normalized spacial score (nSPS) is 10.9. The fraction of sp³-hybridized carbons (Fsp3) is 0.0476. The van der Waals surface area contributed by atoms with Crippen LogP contribution in [0.3, 0.4) is 0 Å². The van der Waals surface area contributed by atoms with Crippen LogP contribution in [0.2, 0.25) is 5.02 Å². The third-order valence-electron chi connectivity index (χ3n) is 3.85. The van der Waals surface area contributed by atoms with Gasteiger partial charge in [0.15, 0.2) is 0 Å². The third-order valence-corrected chi connectivity index (χ3v) is 4.16. The maximum absolute atomic E-state index is 12.1. The summed E-state index contributed by atoms with van der Waals surface area (Å²) in [6.45, 7) is 4.08. The van der Waals surface area contributed by atoms with E-state index < -0.39 is 5.91 Å². The van der Waals surface area contributed by atoms with Crippen LogP contribution in [-0.2, 0) is 0 Å². The van der Waals surface area contributed by atoms with E-state index in [1.165, 1.54) is 18.2 Å². The Labute approximate surface area is 161 Å². The van der Waals surface area contributed by atoms with E-state index in [9.17, 15) is 9.90 Å². The fourth-order valence-electron chi connectivity index (χ4n) is 2.56. The largest absolute Gasteiger partial charge is 0.506 e. The number of hydrogen-bond donors (Lipinski definition) is 2. The molecule has 0 radical (unpaired) electrons. The molecule has 3 aromatic carbocycles. The molecule has 0 saturated heterocycles. The van der Waals surface area contributed by atoms with Crippen molar-refractivity contribution in [2.45, 2.75) is 0 Å². The first-order chi connectivity index (χ1) is 13.1. The lowest BCUT2D eigenvalue weighted by atomic mass is 10.0. The molecule has 3 aromatic rings. The lowest BCUT2D eigenvalue weighted by Gasteiger charge is -2.09. The number of benzene rings is 3. The van der Waals surface area contributed by atoms with Gasteiger partial charge in [-0.3, -0.25) is 4.79 Å². The van der Waals surface area contributed by atoms with E-state index in [0.29, 0.717) is 12.2 Å². The number of fused-ring (bicyclic) bond motifs is 1. The Bertz CT molecular complexity index is 1030. The van der Waals surface area contributed by atoms with E-state index >= 15 is 0 Å². The van der Waals surface area contributed by atoms with Gasteiger partial charge in [0.1, 0.15) is 18.1 Å². The summed E-state index contributed by atoms with van der Waals surface area (Å²) in [6, 6.07) is 15.7. The molecule has 0 heterocycles. The van der Waals surface area contributed by atoms with Crippen LogP contribution in [0, 0.1) is 0 Å². The molecule has 1 amide bonds. The predicted octanol–water partition coefficient (Wildman–Crippen LogP) is 4.53. The zero-order valence-corrected chi connectivity index (χ0v) is 15.1. The van der Waals surface area contributed by atoms with Crippen molar-refractivity contribution in [2.75, 3.05) is 6.61 Å². The van der Waals surface area contributed by atoms with Gasteiger partial charge in [0.05, 0.1) is 11.2 Å². The summed E-state index contributed by atoms with van der Waals surface area (Å²) in [4.78, 5) is 12.1. The Morgan fingerprint density at radius 1 is 1.19 bits per heavy atom. The molecule has 0 bridgehead atoms. The molecule has 5 nitrogen and oxygen atoms in total. The van der Waals surface area contributed by atoms with Crippen LogP contribution in [0.15, 0.2) is 72.4 Å². The molecule has 0 saturated carbocycles. The lowest BCUT2D eigenvalue weighted by Crippen LogP contribution is -2.17. The summed E-state index contributed by atoms with van der Waals surface area (Å²) in [5.41, 5.74) is 3.59. The molecule has 0 fully saturated rings. The smallest absolute Gasteiger partial charge is 0.271 e. The average molecular weight is 381 g/mol. The molecular formula is C21H17ClN2O3. The van der Waals surface area contributed by atoms with Gasteiger partial charge in [-0.15, -0.1) is 0 Å². The second kappa shape index (κ2) is 8.38. The number of phenolic OH excluding ortho intramolecular Hbond substituents is 1. The maximum atomic E-state index is 12.1. The Morgan fingerprint density at radius 2 is 1.96 bits per heavy atom. The lowest BCUT2D eigenvalue weighted by molar-refractivity contribution is 0.0955. The highest BCUT2D eigenvalue weighted by Crippen LogP contribution is 2.28. The molecule has 2 N–H and O–H groups in total. The van der Waals surface area contributed by atoms with Crippen molar-refractivity contribution < 1.29 is 14.6 Å². The summed E-state index contributed by atoms with van der Waals surface area (Å²) < 4.78 is 5.68. The number of hydrazone groups is 1. The number of phenols is 1. The molecule has 0 atom stereocenters. The van der Waals surface area contributed by atoms with Gasteiger partial charge in [-0.05, 0) is 35.7 Å². The topological polar surface area (TPSA) is 70.9 Å². The van der Waals surface area contributed by atoms with Crippen molar-refractivity contribution >= 4 is 34.5 Å². The van der Waals surface area contributed by atoms with Gasteiger partial charge in [-0.1, -0.05) is 48.5 Å². The Morgan fingerprint density at radius 3 is 2.70 bits per heavy atom. The molecule has 0 aliphatic rings. The van der Waals surface area contributed by atoms with Crippen LogP contribution >= 0.6 is 11.6 Å². The molecule has 27 heavy (non-hydrogen) atoms. The summed E-state index contributed by atoms with van der Waals surface area (Å²) in [6.07, 6.45) is 3.26. The highest BCUT2D eigenvalue weighted by molar-refractivity contribution is 6.32. The number of nitrogens with one attached hydrogen (secondary N) is 1. The molecule has 3 rings (SSSR count). The minimum absolute atomic E-state index is 0.0815. The highest BCUT2D eigenvalue weighted by Gasteiger charge is 2.08. The number of rotatable bonds is 6. The van der Waals surface area contributed by atoms with Crippen LogP contribution in [0.25, 0.3) is 10.8 Å². The van der Waals surface area contributed by atoms with Crippen LogP contribution in [0.1, 0.15) is 15.9 Å². The summed E-state index contributed by atoms with van der Waals surface area (Å²) in [7, 11) is 0. The second-order valence-electron chi connectivity index (χ2n) is 5.66. The summed E-state index contributed by atoms with van der Waals surface area (Å²) in [5, 5.41) is 15.4. The number of aromatic hydroxyl groups is 1. The Hall–Kier alpha value is -3.31. The number of amides is 1. The molecule has 0 aromatic heterocycles. The number of hydrogen-bond acceptors (Lipinski definition) is 4. The SMILES string of the molecule is C=CCOc1ccc(/C=N/NC(=O)c2ccc(O)c(Cl)c2)c2ccccc12. The average Bonchev–Trinajstić information content (AvgIpc) is 2.69. The zero-order valence-electron chi connectivity index (χ0n) is 14.4. The molecule has 6 heteroatoms. The maximum Gasteiger partial charge on any atom is 0.271 e. The van der Waals surface area contributed by atoms with E-state index in [-0.39, 0.29) is 10.8 Å². The van der Waals surface area contributed by atoms with Gasteiger partial charge in [-0.2, -0.15) is 5.10 Å². The summed E-state index contributed by atoms with van der Waals surface area (Å²) >= 11 is 5.82. The van der Waals surface area contributed by atoms with Gasteiger partial charge in [-0.25, -0.2) is 5.43 Å². The third kappa shape index (κ3) is 4.27. The second-order valence-corrected chi connectivity index (χ2v) is 6.07. The minimum atomic E-state index is -0.427. The van der Waals surface area contributed by atoms with Crippen molar-refractivity contribution in [1.29, 1.82) is 0 Å². The first-order valence-corrected chi connectivity index (χ1v) is 8.55. The van der Waals surface area contributed by atoms with Crippen LogP contribution in [-0.4, -0.2) is 23.8 Å². The van der Waals surface area contributed by atoms with Crippen molar-refractivity contribution in [2.24, 2.45) is 5.10 Å². The monoisotopic (exact) mass is 380 g/mol. The molecule has 0 aliphatic heterocycles. The van der Waals surface area contributed by atoms with E-state index in [2.05, 4.69) is 17.1 Å². The quantitative estimate of drug-likeness (QED) is 0.375. The Kier molecular flexibility index (Phi) is 5.74. The molecule has 0 aliphatic carbocycles. The van der Waals surface area contributed by atoms with Crippen molar-refractivity contribution in [3.8, 4) is 11.5 Å². The van der Waals surface area contributed by atoms with Crippen molar-refractivity contribution in [3.05, 3.63) is 83.4 Å². The van der Waals surface area contributed by atoms with Crippen LogP contribution in [0.4, 0.5) is 0 Å². The van der Waals surface area contributed by atoms with Gasteiger partial charge in [0.2, 0.25) is 0 Å². The van der Waals surface area contributed by atoms with E-state index in [1.807, 2.05) is 36.4 Å². The molecule has 136 valence electrons. The molecule has 0 spiro atoms. The van der Waals surface area contributed by atoms with Crippen LogP contribution < -0.4 is 10.2 Å². The zero-order chi connectivity index (χ0) is 19.2. The van der Waals surface area contributed by atoms with Crippen molar-refractivity contribution in [1.82, 2.24) is 5.43 Å². The van der Waals surface area contributed by atoms with Gasteiger partial charge in [0.25, 0.3) is 5.91 Å². The van der Waals surface area contributed by atoms with Gasteiger partial charge >= 0.3 is 0 Å². The highest BCUT2D eigenvalue weighted by atomic mass is 35.5. The first kappa shape index (κ1) is 18.5. The van der Waals surface area contributed by atoms with E-state index in [4.69, 9.17) is 16.3 Å². The number of ether oxygens (including phenoxy) is 1. The number of carbonyl (C=O) groups is 1. The Balaban J connectivity index is 1.80. The van der Waals surface area contributed by atoms with E-state index in [0.717, 1.165) is 22.1 Å². The number of carbonyl (C=O) groups excluding carboxylic acids is 1. The molecule has 0 unspecified atom stereocenters. The number of nitrogens with zero attached hydrogens (tertiary/aromatic N) is 1. The fourth-order valence-corrected chi connectivity index (χ4v) is 2.74. The predicted molar refractivity (Wildman–Crippen MR) is 108 cm³/mol. The summed E-state index contributed by atoms with van der Waals surface area (Å²) in [5.74, 6) is 0.246.